The molecular formula is C21H21ClN4O2. The number of nitrogens with zero attached hydrogens (tertiary/aromatic N) is 3. The third kappa shape index (κ3) is 3.87. The van der Waals surface area contributed by atoms with E-state index in [9.17, 15) is 4.79 Å². The van der Waals surface area contributed by atoms with E-state index in [1.807, 2.05) is 54.4 Å². The average molecular weight is 397 g/mol. The fourth-order valence-corrected chi connectivity index (χ4v) is 3.58. The van der Waals surface area contributed by atoms with Gasteiger partial charge in [-0.05, 0) is 42.5 Å². The molecule has 0 unspecified atom stereocenters. The van der Waals surface area contributed by atoms with Crippen LogP contribution in [0.1, 0.15) is 23.2 Å². The quantitative estimate of drug-likeness (QED) is 0.721. The van der Waals surface area contributed by atoms with E-state index < -0.39 is 0 Å². The monoisotopic (exact) mass is 396 g/mol. The van der Waals surface area contributed by atoms with Gasteiger partial charge in [0, 0.05) is 49.0 Å². The van der Waals surface area contributed by atoms with Gasteiger partial charge in [-0.15, -0.1) is 0 Å². The van der Waals surface area contributed by atoms with Crippen LogP contribution < -0.4 is 10.1 Å². The third-order valence-corrected chi connectivity index (χ3v) is 5.22. The molecule has 1 aromatic heterocycles. The Balaban J connectivity index is 1.41. The zero-order chi connectivity index (χ0) is 19.5. The topological polar surface area (TPSA) is 67.4 Å². The van der Waals surface area contributed by atoms with Crippen LogP contribution in [0.3, 0.4) is 0 Å². The maximum absolute atomic E-state index is 12.9. The van der Waals surface area contributed by atoms with E-state index in [0.29, 0.717) is 23.7 Å². The highest BCUT2D eigenvalue weighted by Crippen LogP contribution is 2.24. The van der Waals surface area contributed by atoms with Crippen LogP contribution in [0.4, 0.5) is 5.82 Å². The van der Waals surface area contributed by atoms with E-state index in [4.69, 9.17) is 16.3 Å². The summed E-state index contributed by atoms with van der Waals surface area (Å²) in [6.07, 6.45) is 3.21. The number of anilines is 1. The van der Waals surface area contributed by atoms with Gasteiger partial charge in [0.25, 0.3) is 5.91 Å². The van der Waals surface area contributed by atoms with Crippen LogP contribution in [-0.4, -0.2) is 47.0 Å². The molecule has 3 aromatic rings. The van der Waals surface area contributed by atoms with Crippen LogP contribution in [0.5, 0.6) is 5.75 Å². The number of carbonyl (C=O) groups excluding carboxylic acids is 1. The molecule has 2 aromatic carbocycles. The first-order valence-corrected chi connectivity index (χ1v) is 9.66. The Morgan fingerprint density at radius 3 is 2.61 bits per heavy atom. The fraction of sp³-hybridized carbons (Fsp3) is 0.286. The molecule has 0 radical (unpaired) electrons. The smallest absolute Gasteiger partial charge is 0.253 e. The minimum Gasteiger partial charge on any atom is -0.490 e. The molecule has 0 bridgehead atoms. The van der Waals surface area contributed by atoms with E-state index in [1.54, 1.807) is 0 Å². The molecule has 1 aliphatic rings. The molecule has 4 rings (SSSR count). The zero-order valence-electron chi connectivity index (χ0n) is 15.6. The molecule has 0 saturated carbocycles. The lowest BCUT2D eigenvalue weighted by atomic mass is 10.1. The van der Waals surface area contributed by atoms with Crippen molar-refractivity contribution >= 4 is 34.2 Å². The van der Waals surface area contributed by atoms with Gasteiger partial charge >= 0.3 is 0 Å². The van der Waals surface area contributed by atoms with Gasteiger partial charge in [0.05, 0.1) is 5.52 Å². The summed E-state index contributed by atoms with van der Waals surface area (Å²) in [5, 5.41) is 4.63. The minimum atomic E-state index is 0.0245. The van der Waals surface area contributed by atoms with Gasteiger partial charge < -0.3 is 15.0 Å². The molecule has 0 atom stereocenters. The predicted molar refractivity (Wildman–Crippen MR) is 110 cm³/mol. The van der Waals surface area contributed by atoms with Crippen molar-refractivity contribution in [3.8, 4) is 5.75 Å². The Hall–Kier alpha value is -2.86. The Bertz CT molecular complexity index is 985. The lowest BCUT2D eigenvalue weighted by Gasteiger charge is -2.32. The highest BCUT2D eigenvalue weighted by atomic mass is 35.5. The van der Waals surface area contributed by atoms with Crippen LogP contribution in [0, 0.1) is 0 Å². The Labute approximate surface area is 168 Å². The highest BCUT2D eigenvalue weighted by Gasteiger charge is 2.25. The van der Waals surface area contributed by atoms with Gasteiger partial charge in [0.1, 0.15) is 24.0 Å². The molecule has 28 heavy (non-hydrogen) atoms. The number of fused-ring (bicyclic) bond motifs is 1. The molecule has 2 heterocycles. The number of ether oxygens (including phenoxy) is 1. The summed E-state index contributed by atoms with van der Waals surface area (Å²) in [4.78, 5) is 23.3. The predicted octanol–water partition coefficient (Wildman–Crippen LogP) is 4.01. The van der Waals surface area contributed by atoms with Crippen molar-refractivity contribution in [3.05, 3.63) is 59.4 Å². The van der Waals surface area contributed by atoms with Crippen LogP contribution >= 0.6 is 11.6 Å². The summed E-state index contributed by atoms with van der Waals surface area (Å²) < 4.78 is 6.01. The van der Waals surface area contributed by atoms with Crippen LogP contribution in [0.15, 0.2) is 48.8 Å². The summed E-state index contributed by atoms with van der Waals surface area (Å²) >= 11 is 5.91. The van der Waals surface area contributed by atoms with Gasteiger partial charge in [-0.2, -0.15) is 0 Å². The molecule has 1 aliphatic heterocycles. The summed E-state index contributed by atoms with van der Waals surface area (Å²) in [7, 11) is 1.82. The van der Waals surface area contributed by atoms with Crippen LogP contribution in [0.2, 0.25) is 5.02 Å². The van der Waals surface area contributed by atoms with Crippen molar-refractivity contribution < 1.29 is 9.53 Å². The first kappa shape index (κ1) is 18.5. The second kappa shape index (κ2) is 8.02. The molecule has 0 spiro atoms. The number of amides is 1. The van der Waals surface area contributed by atoms with E-state index in [2.05, 4.69) is 15.3 Å². The normalized spacial score (nSPS) is 14.9. The fourth-order valence-electron chi connectivity index (χ4n) is 3.45. The number of aromatic nitrogens is 2. The maximum atomic E-state index is 12.9. The zero-order valence-corrected chi connectivity index (χ0v) is 16.3. The van der Waals surface area contributed by atoms with E-state index in [1.165, 1.54) is 6.33 Å². The molecule has 1 saturated heterocycles. The standard InChI is InChI=1S/C21H21ClN4O2/c1-23-20-18-7-2-14(12-19(18)24-13-25-20)21(27)26-10-8-17(9-11-26)28-16-5-3-15(22)4-6-16/h2-7,12-13,17H,8-11H2,1H3,(H,23,24,25). The molecule has 6 nitrogen and oxygen atoms in total. The number of halogens is 1. The summed E-state index contributed by atoms with van der Waals surface area (Å²) in [5.41, 5.74) is 1.40. The summed E-state index contributed by atoms with van der Waals surface area (Å²) in [6, 6.07) is 12.9. The molecule has 7 heteroatoms. The molecule has 1 amide bonds. The third-order valence-electron chi connectivity index (χ3n) is 4.97. The van der Waals surface area contributed by atoms with Crippen LogP contribution in [0.25, 0.3) is 10.9 Å². The highest BCUT2D eigenvalue weighted by molar-refractivity contribution is 6.30. The molecule has 1 fully saturated rings. The Morgan fingerprint density at radius 1 is 1.14 bits per heavy atom. The number of hydrogen-bond donors (Lipinski definition) is 1. The van der Waals surface area contributed by atoms with Crippen molar-refractivity contribution in [3.63, 3.8) is 0 Å². The van der Waals surface area contributed by atoms with Crippen molar-refractivity contribution in [2.24, 2.45) is 0 Å². The number of benzene rings is 2. The summed E-state index contributed by atoms with van der Waals surface area (Å²) in [5.74, 6) is 1.59. The lowest BCUT2D eigenvalue weighted by Crippen LogP contribution is -2.41. The second-order valence-electron chi connectivity index (χ2n) is 6.77. The van der Waals surface area contributed by atoms with Gasteiger partial charge in [-0.3, -0.25) is 4.79 Å². The minimum absolute atomic E-state index is 0.0245. The van der Waals surface area contributed by atoms with E-state index in [-0.39, 0.29) is 12.0 Å². The van der Waals surface area contributed by atoms with Gasteiger partial charge in [0.2, 0.25) is 0 Å². The molecule has 144 valence electrons. The number of rotatable bonds is 4. The number of piperidine rings is 1. The van der Waals surface area contributed by atoms with Crippen LogP contribution in [-0.2, 0) is 0 Å². The SMILES string of the molecule is CNc1ncnc2cc(C(=O)N3CCC(Oc4ccc(Cl)cc4)CC3)ccc12. The van der Waals surface area contributed by atoms with Gasteiger partial charge in [-0.1, -0.05) is 11.6 Å². The number of hydrogen-bond acceptors (Lipinski definition) is 5. The largest absolute Gasteiger partial charge is 0.490 e. The molecular weight excluding hydrogens is 376 g/mol. The van der Waals surface area contributed by atoms with Crippen molar-refractivity contribution in [2.75, 3.05) is 25.5 Å². The number of carbonyl (C=O) groups is 1. The Morgan fingerprint density at radius 2 is 1.89 bits per heavy atom. The lowest BCUT2D eigenvalue weighted by molar-refractivity contribution is 0.0595. The molecule has 1 N–H and O–H groups in total. The van der Waals surface area contributed by atoms with Gasteiger partial charge in [0.15, 0.2) is 0 Å². The maximum Gasteiger partial charge on any atom is 0.253 e. The average Bonchev–Trinajstić information content (AvgIpc) is 2.74. The van der Waals surface area contributed by atoms with Gasteiger partial charge in [-0.25, -0.2) is 9.97 Å². The van der Waals surface area contributed by atoms with Crippen molar-refractivity contribution in [2.45, 2.75) is 18.9 Å². The second-order valence-corrected chi connectivity index (χ2v) is 7.20. The first-order chi connectivity index (χ1) is 13.6. The number of likely N-dealkylation sites (tertiary alicyclic amines) is 1. The van der Waals surface area contributed by atoms with E-state index >= 15 is 0 Å². The van der Waals surface area contributed by atoms with E-state index in [0.717, 1.165) is 35.3 Å². The first-order valence-electron chi connectivity index (χ1n) is 9.28. The summed E-state index contributed by atoms with van der Waals surface area (Å²) in [6.45, 7) is 1.33. The van der Waals surface area contributed by atoms with Crippen molar-refractivity contribution in [1.82, 2.24) is 14.9 Å². The molecule has 0 aliphatic carbocycles. The Kier molecular flexibility index (Phi) is 5.30. The number of nitrogens with one attached hydrogen (secondary N) is 1. The van der Waals surface area contributed by atoms with Crippen molar-refractivity contribution in [1.29, 1.82) is 0 Å².